The van der Waals surface area contributed by atoms with Gasteiger partial charge in [-0.1, -0.05) is 49.4 Å². The summed E-state index contributed by atoms with van der Waals surface area (Å²) in [5.41, 5.74) is 7.90. The van der Waals surface area contributed by atoms with Gasteiger partial charge in [0.25, 0.3) is 0 Å². The minimum Gasteiger partial charge on any atom is -0.380 e. The highest BCUT2D eigenvalue weighted by atomic mass is 15.4. The second-order valence-electron chi connectivity index (χ2n) is 6.38. The zero-order chi connectivity index (χ0) is 16.0. The first-order chi connectivity index (χ1) is 11.2. The van der Waals surface area contributed by atoms with E-state index in [0.29, 0.717) is 6.04 Å². The highest BCUT2D eigenvalue weighted by molar-refractivity contribution is 5.89. The normalized spacial score (nSPS) is 14.0. The molecule has 1 N–H and O–H groups in total. The van der Waals surface area contributed by atoms with E-state index in [1.165, 1.54) is 33.8 Å². The average molecular weight is 305 g/mol. The van der Waals surface area contributed by atoms with Crippen LogP contribution in [-0.4, -0.2) is 9.36 Å². The van der Waals surface area contributed by atoms with Gasteiger partial charge in [0.2, 0.25) is 0 Å². The number of nitrogens with one attached hydrogen (secondary N) is 1. The lowest BCUT2D eigenvalue weighted by atomic mass is 9.94. The lowest BCUT2D eigenvalue weighted by Crippen LogP contribution is -2.29. The molecule has 0 spiro atoms. The van der Waals surface area contributed by atoms with E-state index in [2.05, 4.69) is 84.1 Å². The third-order valence-electron chi connectivity index (χ3n) is 5.03. The van der Waals surface area contributed by atoms with Crippen LogP contribution in [0.1, 0.15) is 31.9 Å². The lowest BCUT2D eigenvalue weighted by molar-refractivity contribution is 0.387. The van der Waals surface area contributed by atoms with Crippen molar-refractivity contribution >= 4 is 5.69 Å². The predicted molar refractivity (Wildman–Crippen MR) is 96.6 cm³/mol. The summed E-state index contributed by atoms with van der Waals surface area (Å²) in [4.78, 5) is 0. The Bertz CT molecular complexity index is 854. The van der Waals surface area contributed by atoms with Gasteiger partial charge in [-0.3, -0.25) is 9.36 Å². The summed E-state index contributed by atoms with van der Waals surface area (Å²) in [6.45, 7) is 5.40. The fourth-order valence-electron chi connectivity index (χ4n) is 3.66. The van der Waals surface area contributed by atoms with Gasteiger partial charge < -0.3 is 5.32 Å². The van der Waals surface area contributed by atoms with Crippen molar-refractivity contribution in [3.63, 3.8) is 0 Å². The molecule has 0 saturated heterocycles. The maximum absolute atomic E-state index is 3.62. The van der Waals surface area contributed by atoms with Gasteiger partial charge in [-0.2, -0.15) is 0 Å². The molecule has 2 aromatic carbocycles. The number of para-hydroxylation sites is 1. The third kappa shape index (κ3) is 2.03. The summed E-state index contributed by atoms with van der Waals surface area (Å²) in [5.74, 6) is 0. The van der Waals surface area contributed by atoms with Crippen molar-refractivity contribution in [3.05, 3.63) is 54.1 Å². The molecule has 3 nitrogen and oxygen atoms in total. The quantitative estimate of drug-likeness (QED) is 0.702. The molecule has 0 bridgehead atoms. The molecule has 0 aliphatic carbocycles. The fourth-order valence-corrected chi connectivity index (χ4v) is 3.66. The molecule has 118 valence electrons. The SMILES string of the molecule is CCC(C)n1c2c(n1C)-c1ccccc1CNc1ccccc1-2. The number of anilines is 1. The number of hydrogen-bond donors (Lipinski definition) is 1. The molecule has 0 saturated carbocycles. The summed E-state index contributed by atoms with van der Waals surface area (Å²) in [5, 5.41) is 3.62. The van der Waals surface area contributed by atoms with Crippen molar-refractivity contribution in [2.45, 2.75) is 32.9 Å². The molecule has 4 rings (SSSR count). The van der Waals surface area contributed by atoms with Gasteiger partial charge >= 0.3 is 0 Å². The van der Waals surface area contributed by atoms with Crippen molar-refractivity contribution in [2.75, 3.05) is 5.32 Å². The molecule has 2 heterocycles. The zero-order valence-electron chi connectivity index (χ0n) is 14.0. The van der Waals surface area contributed by atoms with E-state index in [1.54, 1.807) is 0 Å². The summed E-state index contributed by atoms with van der Waals surface area (Å²) < 4.78 is 4.75. The standard InChI is InChI=1S/C20H23N3/c1-4-14(2)23-20-17-11-7-8-12-18(17)21-13-15-9-5-6-10-16(15)19(20)22(23)3/h5-12,14,21H,4,13H2,1-3H3. The Morgan fingerprint density at radius 1 is 1.00 bits per heavy atom. The van der Waals surface area contributed by atoms with E-state index in [1.807, 2.05) is 0 Å². The van der Waals surface area contributed by atoms with Gasteiger partial charge in [0, 0.05) is 36.4 Å². The van der Waals surface area contributed by atoms with E-state index in [9.17, 15) is 0 Å². The first kappa shape index (κ1) is 14.2. The lowest BCUT2D eigenvalue weighted by Gasteiger charge is -2.36. The highest BCUT2D eigenvalue weighted by Crippen LogP contribution is 2.43. The Balaban J connectivity index is 2.03. The predicted octanol–water partition coefficient (Wildman–Crippen LogP) is 5.06. The van der Waals surface area contributed by atoms with Gasteiger partial charge in [-0.05, 0) is 25.0 Å². The van der Waals surface area contributed by atoms with Crippen LogP contribution in [0.25, 0.3) is 22.5 Å². The van der Waals surface area contributed by atoms with Crippen LogP contribution in [0.2, 0.25) is 0 Å². The van der Waals surface area contributed by atoms with E-state index in [-0.39, 0.29) is 0 Å². The van der Waals surface area contributed by atoms with E-state index < -0.39 is 0 Å². The largest absolute Gasteiger partial charge is 0.380 e. The minimum absolute atomic E-state index is 0.485. The molecule has 0 fully saturated rings. The Morgan fingerprint density at radius 2 is 1.70 bits per heavy atom. The molecular formula is C20H23N3. The summed E-state index contributed by atoms with van der Waals surface area (Å²) in [6, 6.07) is 17.9. The van der Waals surface area contributed by atoms with Crippen molar-refractivity contribution in [1.82, 2.24) is 9.36 Å². The second-order valence-corrected chi connectivity index (χ2v) is 6.38. The van der Waals surface area contributed by atoms with E-state index in [0.717, 1.165) is 13.0 Å². The van der Waals surface area contributed by atoms with E-state index >= 15 is 0 Å². The Morgan fingerprint density at radius 3 is 2.48 bits per heavy atom. The molecule has 1 aliphatic rings. The van der Waals surface area contributed by atoms with Gasteiger partial charge in [-0.15, -0.1) is 0 Å². The van der Waals surface area contributed by atoms with Crippen LogP contribution >= 0.6 is 0 Å². The summed E-state index contributed by atoms with van der Waals surface area (Å²) >= 11 is 0. The average Bonchev–Trinajstić information content (AvgIpc) is 2.57. The summed E-state index contributed by atoms with van der Waals surface area (Å²) in [7, 11) is 2.18. The molecule has 23 heavy (non-hydrogen) atoms. The molecular weight excluding hydrogens is 282 g/mol. The monoisotopic (exact) mass is 305 g/mol. The van der Waals surface area contributed by atoms with Gasteiger partial charge in [0.1, 0.15) is 0 Å². The van der Waals surface area contributed by atoms with Crippen LogP contribution in [0.15, 0.2) is 48.5 Å². The van der Waals surface area contributed by atoms with Crippen molar-refractivity contribution in [3.8, 4) is 22.5 Å². The Hall–Kier alpha value is -2.42. The highest BCUT2D eigenvalue weighted by Gasteiger charge is 2.28. The number of hydrogen-bond acceptors (Lipinski definition) is 1. The van der Waals surface area contributed by atoms with Crippen molar-refractivity contribution in [2.24, 2.45) is 7.05 Å². The smallest absolute Gasteiger partial charge is 0.0928 e. The van der Waals surface area contributed by atoms with Gasteiger partial charge in [0.15, 0.2) is 0 Å². The Labute approximate surface area is 137 Å². The topological polar surface area (TPSA) is 21.9 Å². The molecule has 3 heteroatoms. The molecule has 3 aromatic rings. The van der Waals surface area contributed by atoms with Crippen LogP contribution in [0.3, 0.4) is 0 Å². The number of fused-ring (bicyclic) bond motifs is 5. The Kier molecular flexibility index (Phi) is 3.29. The minimum atomic E-state index is 0.485. The third-order valence-corrected chi connectivity index (χ3v) is 5.03. The van der Waals surface area contributed by atoms with Crippen molar-refractivity contribution < 1.29 is 0 Å². The first-order valence-corrected chi connectivity index (χ1v) is 8.41. The van der Waals surface area contributed by atoms with Gasteiger partial charge in [0.05, 0.1) is 11.4 Å². The molecule has 1 atom stereocenters. The number of aromatic nitrogens is 2. The zero-order valence-corrected chi connectivity index (χ0v) is 14.0. The van der Waals surface area contributed by atoms with Crippen molar-refractivity contribution in [1.29, 1.82) is 0 Å². The molecule has 0 amide bonds. The van der Waals surface area contributed by atoms with Crippen LogP contribution in [0.5, 0.6) is 0 Å². The number of benzene rings is 2. The van der Waals surface area contributed by atoms with Gasteiger partial charge in [-0.25, -0.2) is 0 Å². The fraction of sp³-hybridized carbons (Fsp3) is 0.300. The number of rotatable bonds is 2. The number of nitrogens with zero attached hydrogens (tertiary/aromatic N) is 2. The molecule has 0 radical (unpaired) electrons. The van der Waals surface area contributed by atoms with Crippen LogP contribution in [-0.2, 0) is 13.6 Å². The maximum Gasteiger partial charge on any atom is 0.0928 e. The molecule has 1 unspecified atom stereocenters. The summed E-state index contributed by atoms with van der Waals surface area (Å²) in [6.07, 6.45) is 1.12. The molecule has 1 aliphatic heterocycles. The molecule has 1 aromatic heterocycles. The van der Waals surface area contributed by atoms with Crippen LogP contribution in [0.4, 0.5) is 5.69 Å². The van der Waals surface area contributed by atoms with E-state index in [4.69, 9.17) is 0 Å². The van der Waals surface area contributed by atoms with Crippen LogP contribution in [0, 0.1) is 0 Å². The maximum atomic E-state index is 3.62. The first-order valence-electron chi connectivity index (χ1n) is 8.41. The van der Waals surface area contributed by atoms with Crippen LogP contribution < -0.4 is 5.32 Å². The second kappa shape index (κ2) is 5.34.